The largest absolute Gasteiger partial charge is 0.493 e. The van der Waals surface area contributed by atoms with Crippen molar-refractivity contribution in [3.8, 4) is 11.5 Å². The molecule has 3 rings (SSSR count). The molecular weight excluding hydrogens is 390 g/mol. The minimum Gasteiger partial charge on any atom is -0.493 e. The molecule has 1 N–H and O–H groups in total. The van der Waals surface area contributed by atoms with Gasteiger partial charge >= 0.3 is 0 Å². The van der Waals surface area contributed by atoms with Crippen LogP contribution in [0.3, 0.4) is 0 Å². The molecule has 1 aromatic rings. The van der Waals surface area contributed by atoms with E-state index in [1.165, 1.54) is 32.1 Å². The van der Waals surface area contributed by atoms with E-state index in [1.54, 1.807) is 18.9 Å². The highest BCUT2D eigenvalue weighted by Gasteiger charge is 2.40. The molecule has 1 aromatic carbocycles. The molecule has 0 amide bonds. The van der Waals surface area contributed by atoms with Crippen LogP contribution < -0.4 is 14.8 Å². The maximum Gasteiger partial charge on any atom is 0.161 e. The van der Waals surface area contributed by atoms with Gasteiger partial charge in [-0.05, 0) is 24.5 Å². The molecule has 4 nitrogen and oxygen atoms in total. The number of carbonyl (C=O) groups excluding carboxylic acids is 1. The molecule has 1 saturated carbocycles. The van der Waals surface area contributed by atoms with Crippen LogP contribution in [0.25, 0.3) is 0 Å². The Bertz CT molecular complexity index is 668. The Morgan fingerprint density at radius 1 is 1.25 bits per heavy atom. The fourth-order valence-corrected chi connectivity index (χ4v) is 5.65. The summed E-state index contributed by atoms with van der Waals surface area (Å²) in [5.74, 6) is 3.36. The van der Waals surface area contributed by atoms with E-state index in [-0.39, 0.29) is 5.78 Å². The summed E-state index contributed by atoms with van der Waals surface area (Å²) >= 11 is 7.48. The van der Waals surface area contributed by atoms with Crippen LogP contribution in [0.5, 0.6) is 11.5 Å². The second-order valence-electron chi connectivity index (χ2n) is 7.72. The number of ether oxygens (including phenoxy) is 2. The normalized spacial score (nSPS) is 22.8. The average Bonchev–Trinajstić information content (AvgIpc) is 3.22. The monoisotopic (exact) mass is 421 g/mol. The van der Waals surface area contributed by atoms with Gasteiger partial charge in [-0.1, -0.05) is 56.5 Å². The predicted molar refractivity (Wildman–Crippen MR) is 120 cm³/mol. The molecule has 154 valence electrons. The van der Waals surface area contributed by atoms with Crippen molar-refractivity contribution in [1.29, 1.82) is 0 Å². The number of Topliss-reactive ketones (excluding diaryl/α,β-unsaturated/α-hetero) is 1. The van der Waals surface area contributed by atoms with Crippen molar-refractivity contribution in [3.63, 3.8) is 0 Å². The SMILES string of the molecule is COc1ccccc1OCC1(C(=S)CC(=O)CCC2CCCCC2)NCCS1. The lowest BCUT2D eigenvalue weighted by Crippen LogP contribution is -2.50. The summed E-state index contributed by atoms with van der Waals surface area (Å²) in [6.07, 6.45) is 8.59. The van der Waals surface area contributed by atoms with E-state index < -0.39 is 4.87 Å². The number of para-hydroxylation sites is 2. The Balaban J connectivity index is 1.54. The lowest BCUT2D eigenvalue weighted by Gasteiger charge is -2.29. The minimum absolute atomic E-state index is 0.265. The lowest BCUT2D eigenvalue weighted by atomic mass is 9.85. The van der Waals surface area contributed by atoms with Crippen LogP contribution in [-0.4, -0.2) is 41.5 Å². The maximum absolute atomic E-state index is 12.6. The van der Waals surface area contributed by atoms with Crippen LogP contribution in [-0.2, 0) is 4.79 Å². The molecule has 1 atom stereocenters. The van der Waals surface area contributed by atoms with Crippen molar-refractivity contribution < 1.29 is 14.3 Å². The highest BCUT2D eigenvalue weighted by atomic mass is 32.2. The molecule has 6 heteroatoms. The number of carbonyl (C=O) groups is 1. The Morgan fingerprint density at radius 2 is 2.00 bits per heavy atom. The molecule has 1 saturated heterocycles. The topological polar surface area (TPSA) is 47.6 Å². The van der Waals surface area contributed by atoms with E-state index in [9.17, 15) is 4.79 Å². The fraction of sp³-hybridized carbons (Fsp3) is 0.636. The number of methoxy groups -OCH3 is 1. The van der Waals surface area contributed by atoms with Crippen molar-refractivity contribution in [2.45, 2.75) is 56.2 Å². The van der Waals surface area contributed by atoms with Crippen LogP contribution in [0, 0.1) is 5.92 Å². The second-order valence-corrected chi connectivity index (χ2v) is 9.61. The van der Waals surface area contributed by atoms with E-state index in [0.29, 0.717) is 30.9 Å². The highest BCUT2D eigenvalue weighted by molar-refractivity contribution is 8.02. The third-order valence-corrected chi connectivity index (χ3v) is 7.76. The Hall–Kier alpha value is -1.11. The fourth-order valence-electron chi connectivity index (χ4n) is 4.05. The molecule has 0 aromatic heterocycles. The summed E-state index contributed by atoms with van der Waals surface area (Å²) in [4.78, 5) is 12.9. The molecule has 28 heavy (non-hydrogen) atoms. The molecule has 0 radical (unpaired) electrons. The number of hydrogen-bond donors (Lipinski definition) is 1. The Kier molecular flexibility index (Phi) is 8.18. The minimum atomic E-state index is -0.476. The molecule has 1 aliphatic heterocycles. The molecule has 2 aliphatic rings. The summed E-state index contributed by atoms with van der Waals surface area (Å²) in [5.41, 5.74) is 0. The Morgan fingerprint density at radius 3 is 2.68 bits per heavy atom. The molecule has 1 heterocycles. The first-order valence-corrected chi connectivity index (χ1v) is 11.7. The summed E-state index contributed by atoms with van der Waals surface area (Å²) < 4.78 is 11.4. The van der Waals surface area contributed by atoms with Gasteiger partial charge in [-0.15, -0.1) is 11.8 Å². The number of rotatable bonds is 10. The van der Waals surface area contributed by atoms with Gasteiger partial charge in [0.1, 0.15) is 17.3 Å². The van der Waals surface area contributed by atoms with Gasteiger partial charge < -0.3 is 9.47 Å². The van der Waals surface area contributed by atoms with Gasteiger partial charge in [0.05, 0.1) is 7.11 Å². The summed E-state index contributed by atoms with van der Waals surface area (Å²) in [6, 6.07) is 7.61. The predicted octanol–water partition coefficient (Wildman–Crippen LogP) is 4.80. The van der Waals surface area contributed by atoms with Crippen LogP contribution in [0.4, 0.5) is 0 Å². The van der Waals surface area contributed by atoms with Crippen molar-refractivity contribution in [1.82, 2.24) is 5.32 Å². The quantitative estimate of drug-likeness (QED) is 0.548. The van der Waals surface area contributed by atoms with Gasteiger partial charge in [-0.2, -0.15) is 0 Å². The number of hydrogen-bond acceptors (Lipinski definition) is 6. The molecule has 1 unspecified atom stereocenters. The highest BCUT2D eigenvalue weighted by Crippen LogP contribution is 2.34. The van der Waals surface area contributed by atoms with Crippen LogP contribution in [0.15, 0.2) is 24.3 Å². The number of thioether (sulfide) groups is 1. The van der Waals surface area contributed by atoms with Crippen molar-refractivity contribution >= 4 is 34.6 Å². The van der Waals surface area contributed by atoms with E-state index in [2.05, 4.69) is 5.32 Å². The van der Waals surface area contributed by atoms with Crippen LogP contribution in [0.1, 0.15) is 51.4 Å². The smallest absolute Gasteiger partial charge is 0.161 e. The first kappa shape index (κ1) is 21.6. The van der Waals surface area contributed by atoms with Gasteiger partial charge in [0, 0.05) is 30.0 Å². The molecule has 0 bridgehead atoms. The lowest BCUT2D eigenvalue weighted by molar-refractivity contribution is -0.118. The van der Waals surface area contributed by atoms with Gasteiger partial charge in [0.15, 0.2) is 11.5 Å². The standard InChI is InChI=1S/C22H31NO3S2/c1-25-19-9-5-6-10-20(19)26-16-22(23-13-14-28-22)21(27)15-18(24)12-11-17-7-3-2-4-8-17/h5-6,9-10,17,23H,2-4,7-8,11-16H2,1H3. The first-order valence-electron chi connectivity index (χ1n) is 10.3. The summed E-state index contributed by atoms with van der Waals surface area (Å²) in [5, 5.41) is 3.49. The average molecular weight is 422 g/mol. The van der Waals surface area contributed by atoms with Gasteiger partial charge in [0.2, 0.25) is 0 Å². The molecule has 0 spiro atoms. The third kappa shape index (κ3) is 5.71. The van der Waals surface area contributed by atoms with E-state index in [4.69, 9.17) is 21.7 Å². The number of nitrogens with one attached hydrogen (secondary N) is 1. The van der Waals surface area contributed by atoms with Crippen molar-refractivity contribution in [3.05, 3.63) is 24.3 Å². The van der Waals surface area contributed by atoms with Crippen molar-refractivity contribution in [2.24, 2.45) is 5.92 Å². The van der Waals surface area contributed by atoms with Gasteiger partial charge in [-0.3, -0.25) is 10.1 Å². The maximum atomic E-state index is 12.6. The van der Waals surface area contributed by atoms with Gasteiger partial charge in [-0.25, -0.2) is 0 Å². The van der Waals surface area contributed by atoms with E-state index in [0.717, 1.165) is 29.5 Å². The number of thiocarbonyl (C=S) groups is 1. The zero-order valence-electron chi connectivity index (χ0n) is 16.7. The second kappa shape index (κ2) is 10.6. The zero-order chi connectivity index (χ0) is 19.8. The van der Waals surface area contributed by atoms with Crippen LogP contribution >= 0.6 is 24.0 Å². The van der Waals surface area contributed by atoms with Gasteiger partial charge in [0.25, 0.3) is 0 Å². The molecule has 2 fully saturated rings. The molecular formula is C22H31NO3S2. The summed E-state index contributed by atoms with van der Waals surface area (Å²) in [7, 11) is 1.64. The summed E-state index contributed by atoms with van der Waals surface area (Å²) in [6.45, 7) is 1.27. The van der Waals surface area contributed by atoms with E-state index in [1.807, 2.05) is 24.3 Å². The zero-order valence-corrected chi connectivity index (χ0v) is 18.3. The first-order chi connectivity index (χ1) is 13.6. The third-order valence-electron chi connectivity index (χ3n) is 5.73. The van der Waals surface area contributed by atoms with Crippen LogP contribution in [0.2, 0.25) is 0 Å². The number of ketones is 1. The number of benzene rings is 1. The molecule has 1 aliphatic carbocycles. The van der Waals surface area contributed by atoms with E-state index >= 15 is 0 Å². The Labute approximate surface area is 178 Å². The van der Waals surface area contributed by atoms with Crippen molar-refractivity contribution in [2.75, 3.05) is 26.0 Å².